The summed E-state index contributed by atoms with van der Waals surface area (Å²) in [5.41, 5.74) is 6.33. The zero-order valence-electron chi connectivity index (χ0n) is 20.6. The van der Waals surface area contributed by atoms with Crippen LogP contribution in [-0.2, 0) is 25.8 Å². The standard InChI is InChI=1S/2C13H12F.C3H6Si.2ClH.Hf/c2*1-9-6-10(2)13(7-9)11-4-3-5-12(14)8-11;1-2-4-3-1;;;/h2*3-5,7-9H,1-2H3;1-3H2;2*1H;/q2*-1;;;;+4/p-2. The van der Waals surface area contributed by atoms with E-state index in [1.54, 1.807) is 24.3 Å². The van der Waals surface area contributed by atoms with Crippen LogP contribution in [0.15, 0.2) is 71.8 Å². The van der Waals surface area contributed by atoms with Crippen LogP contribution in [-0.4, -0.2) is 9.52 Å². The number of hydrogen-bond acceptors (Lipinski definition) is 0. The average molecular weight is 694 g/mol. The third-order valence-electron chi connectivity index (χ3n) is 5.51. The maximum Gasteiger partial charge on any atom is 4.00 e. The van der Waals surface area contributed by atoms with Gasteiger partial charge < -0.3 is 24.8 Å². The summed E-state index contributed by atoms with van der Waals surface area (Å²) in [5.74, 6) is 0.313. The van der Waals surface area contributed by atoms with E-state index in [0.29, 0.717) is 11.8 Å². The van der Waals surface area contributed by atoms with Crippen LogP contribution >= 0.6 is 0 Å². The van der Waals surface area contributed by atoms with Crippen LogP contribution in [0.25, 0.3) is 11.1 Å². The summed E-state index contributed by atoms with van der Waals surface area (Å²) in [6, 6.07) is 16.4. The second-order valence-electron chi connectivity index (χ2n) is 8.40. The first kappa shape index (κ1) is 33.9. The maximum atomic E-state index is 13.0. The number of benzene rings is 2. The van der Waals surface area contributed by atoms with Gasteiger partial charge in [-0.05, 0) is 24.3 Å². The summed E-state index contributed by atoms with van der Waals surface area (Å²) >= 11 is 0. The van der Waals surface area contributed by atoms with E-state index in [0.717, 1.165) is 33.4 Å². The van der Waals surface area contributed by atoms with E-state index in [1.807, 2.05) is 26.0 Å². The van der Waals surface area contributed by atoms with Crippen LogP contribution in [0.3, 0.4) is 0 Å². The summed E-state index contributed by atoms with van der Waals surface area (Å²) in [6.45, 7) is 8.19. The van der Waals surface area contributed by atoms with Crippen molar-refractivity contribution in [1.29, 1.82) is 0 Å². The molecule has 1 heterocycles. The van der Waals surface area contributed by atoms with Crippen LogP contribution in [0.5, 0.6) is 0 Å². The Bertz CT molecular complexity index is 986. The van der Waals surface area contributed by atoms with Gasteiger partial charge in [0, 0.05) is 9.52 Å². The van der Waals surface area contributed by atoms with Crippen molar-refractivity contribution >= 4 is 20.7 Å². The van der Waals surface area contributed by atoms with Gasteiger partial charge in [0.2, 0.25) is 0 Å². The van der Waals surface area contributed by atoms with E-state index >= 15 is 0 Å². The van der Waals surface area contributed by atoms with Gasteiger partial charge in [-0.2, -0.15) is 23.3 Å². The van der Waals surface area contributed by atoms with Crippen LogP contribution < -0.4 is 24.8 Å². The topological polar surface area (TPSA) is 0 Å². The molecule has 0 nitrogen and oxygen atoms in total. The zero-order valence-corrected chi connectivity index (χ0v) is 26.7. The first-order valence-corrected chi connectivity index (χ1v) is 12.6. The quantitative estimate of drug-likeness (QED) is 0.335. The smallest absolute Gasteiger partial charge is 1.00 e. The number of halogens is 4. The fourth-order valence-corrected chi connectivity index (χ4v) is 4.14. The molecule has 1 saturated heterocycles. The molecule has 0 N–H and O–H groups in total. The first-order chi connectivity index (χ1) is 15.3. The fraction of sp³-hybridized carbons (Fsp3) is 0.310. The van der Waals surface area contributed by atoms with E-state index < -0.39 is 0 Å². The second-order valence-corrected chi connectivity index (χ2v) is 9.90. The van der Waals surface area contributed by atoms with Gasteiger partial charge in [-0.1, -0.05) is 93.4 Å². The molecule has 2 atom stereocenters. The molecule has 182 valence electrons. The summed E-state index contributed by atoms with van der Waals surface area (Å²) in [6.07, 6.45) is 12.3. The molecule has 2 radical (unpaired) electrons. The fourth-order valence-electron chi connectivity index (χ4n) is 3.79. The molecule has 0 spiro atoms. The third-order valence-corrected chi connectivity index (χ3v) is 6.92. The van der Waals surface area contributed by atoms with Gasteiger partial charge in [0.25, 0.3) is 0 Å². The molecular weight excluding hydrogens is 664 g/mol. The molecule has 2 aromatic rings. The Hall–Kier alpha value is -1.07. The van der Waals surface area contributed by atoms with Crippen molar-refractivity contribution in [3.63, 3.8) is 0 Å². The molecule has 0 saturated carbocycles. The monoisotopic (exact) mass is 694 g/mol. The van der Waals surface area contributed by atoms with Gasteiger partial charge in [0.05, 0.1) is 0 Å². The molecule has 35 heavy (non-hydrogen) atoms. The predicted octanol–water partition coefficient (Wildman–Crippen LogP) is 2.15. The largest absolute Gasteiger partial charge is 4.00 e. The molecule has 2 aliphatic carbocycles. The van der Waals surface area contributed by atoms with Crippen LogP contribution in [0.4, 0.5) is 8.78 Å². The third kappa shape index (κ3) is 10.4. The molecule has 0 aromatic heterocycles. The Labute approximate surface area is 243 Å². The molecule has 1 fully saturated rings. The minimum Gasteiger partial charge on any atom is -1.00 e. The van der Waals surface area contributed by atoms with E-state index in [-0.39, 0.29) is 62.3 Å². The SMILES string of the molecule is C1C[Si]C1.CC1=[C-]C(C)C=C1c1cccc(F)c1.CC1=[C-]C(C)C=C1c1cccc(F)c1.[Cl-].[Cl-].[Hf+4]. The van der Waals surface area contributed by atoms with E-state index in [1.165, 1.54) is 40.2 Å². The predicted molar refractivity (Wildman–Crippen MR) is 132 cm³/mol. The van der Waals surface area contributed by atoms with E-state index in [4.69, 9.17) is 0 Å². The number of allylic oxidation sites excluding steroid dienone is 8. The minimum atomic E-state index is -0.184. The summed E-state index contributed by atoms with van der Waals surface area (Å²) in [4.78, 5) is 0. The second kappa shape index (κ2) is 16.6. The number of rotatable bonds is 2. The first-order valence-electron chi connectivity index (χ1n) is 11.2. The maximum absolute atomic E-state index is 13.0. The van der Waals surface area contributed by atoms with Crippen LogP contribution in [0, 0.1) is 35.6 Å². The summed E-state index contributed by atoms with van der Waals surface area (Å²) in [7, 11) is 1.32. The van der Waals surface area contributed by atoms with Gasteiger partial charge in [-0.15, -0.1) is 0 Å². The Morgan fingerprint density at radius 1 is 0.743 bits per heavy atom. The molecule has 3 aliphatic rings. The van der Waals surface area contributed by atoms with Gasteiger partial charge in [-0.3, -0.25) is 12.2 Å². The van der Waals surface area contributed by atoms with Gasteiger partial charge in [0.15, 0.2) is 0 Å². The molecule has 2 unspecified atom stereocenters. The van der Waals surface area contributed by atoms with Crippen molar-refractivity contribution in [1.82, 2.24) is 0 Å². The summed E-state index contributed by atoms with van der Waals surface area (Å²) in [5, 5.41) is 0. The molecule has 5 rings (SSSR count). The molecule has 1 aliphatic heterocycles. The van der Waals surface area contributed by atoms with Crippen molar-refractivity contribution < 1.29 is 59.4 Å². The van der Waals surface area contributed by atoms with E-state index in [2.05, 4.69) is 38.2 Å². The summed E-state index contributed by atoms with van der Waals surface area (Å²) < 4.78 is 26.0. The van der Waals surface area contributed by atoms with Crippen molar-refractivity contribution in [2.24, 2.45) is 11.8 Å². The molecule has 6 heteroatoms. The van der Waals surface area contributed by atoms with Crippen LogP contribution in [0.1, 0.15) is 45.2 Å². The Balaban J connectivity index is 0.000000530. The van der Waals surface area contributed by atoms with Gasteiger partial charge in [0.1, 0.15) is 11.6 Å². The van der Waals surface area contributed by atoms with Crippen molar-refractivity contribution in [3.05, 3.63) is 107 Å². The normalized spacial score (nSPS) is 19.3. The molecule has 0 amide bonds. The number of hydrogen-bond donors (Lipinski definition) is 0. The van der Waals surface area contributed by atoms with Crippen molar-refractivity contribution in [2.45, 2.75) is 46.2 Å². The van der Waals surface area contributed by atoms with Crippen molar-refractivity contribution in [3.8, 4) is 0 Å². The average Bonchev–Trinajstić information content (AvgIpc) is 3.21. The van der Waals surface area contributed by atoms with Gasteiger partial charge in [-0.25, -0.2) is 19.9 Å². The van der Waals surface area contributed by atoms with E-state index in [9.17, 15) is 8.78 Å². The molecule has 0 bridgehead atoms. The Morgan fingerprint density at radius 3 is 1.31 bits per heavy atom. The molecule has 2 aromatic carbocycles. The minimum absolute atomic E-state index is 0. The molecular formula is C29H30Cl2F2HfSi. The van der Waals surface area contributed by atoms with Gasteiger partial charge >= 0.3 is 25.8 Å². The Kier molecular flexibility index (Phi) is 16.1. The van der Waals surface area contributed by atoms with Crippen LogP contribution in [0.2, 0.25) is 12.1 Å². The Morgan fingerprint density at radius 2 is 1.09 bits per heavy atom. The zero-order chi connectivity index (χ0) is 23.1. The van der Waals surface area contributed by atoms with Crippen molar-refractivity contribution in [2.75, 3.05) is 0 Å².